The second kappa shape index (κ2) is 9.64. The highest BCUT2D eigenvalue weighted by atomic mass is 32.1. The van der Waals surface area contributed by atoms with Gasteiger partial charge in [0.15, 0.2) is 0 Å². The largest absolute Gasteiger partial charge is 0.872 e. The molecular formula is C23H26N2O5S. The van der Waals surface area contributed by atoms with Gasteiger partial charge in [-0.1, -0.05) is 24.0 Å². The molecule has 7 nitrogen and oxygen atoms in total. The summed E-state index contributed by atoms with van der Waals surface area (Å²) in [6.45, 7) is 4.74. The smallest absolute Gasteiger partial charge is 0.295 e. The second-order valence-electron chi connectivity index (χ2n) is 7.69. The third-order valence-corrected chi connectivity index (χ3v) is 6.73. The van der Waals surface area contributed by atoms with Crippen LogP contribution in [0.1, 0.15) is 22.9 Å². The maximum atomic E-state index is 13.3. The average molecular weight is 443 g/mol. The molecule has 164 valence electrons. The van der Waals surface area contributed by atoms with Gasteiger partial charge < -0.3 is 24.4 Å². The summed E-state index contributed by atoms with van der Waals surface area (Å²) < 4.78 is 10.6. The van der Waals surface area contributed by atoms with Crippen LogP contribution in [0.3, 0.4) is 0 Å². The topological polar surface area (TPSA) is 83.3 Å². The maximum absolute atomic E-state index is 13.3. The van der Waals surface area contributed by atoms with Crippen LogP contribution in [-0.2, 0) is 14.3 Å². The van der Waals surface area contributed by atoms with Crippen molar-refractivity contribution in [3.63, 3.8) is 0 Å². The van der Waals surface area contributed by atoms with E-state index >= 15 is 0 Å². The second-order valence-corrected chi connectivity index (χ2v) is 8.67. The molecule has 1 amide bonds. The molecule has 0 saturated carbocycles. The Hall–Kier alpha value is -2.68. The lowest BCUT2D eigenvalue weighted by molar-refractivity contribution is -0.908. The number of thiophene rings is 1. The first kappa shape index (κ1) is 21.5. The van der Waals surface area contributed by atoms with Crippen molar-refractivity contribution in [1.29, 1.82) is 0 Å². The van der Waals surface area contributed by atoms with Crippen molar-refractivity contribution in [2.75, 3.05) is 46.5 Å². The third kappa shape index (κ3) is 4.51. The highest BCUT2D eigenvalue weighted by Crippen LogP contribution is 2.40. The number of carbonyl (C=O) groups is 2. The lowest BCUT2D eigenvalue weighted by atomic mass is 9.99. The van der Waals surface area contributed by atoms with E-state index in [2.05, 4.69) is 0 Å². The molecule has 1 aromatic heterocycles. The van der Waals surface area contributed by atoms with Gasteiger partial charge in [-0.3, -0.25) is 9.59 Å². The van der Waals surface area contributed by atoms with Crippen molar-refractivity contribution in [2.24, 2.45) is 0 Å². The number of nitrogens with one attached hydrogen (secondary N) is 1. The highest BCUT2D eigenvalue weighted by molar-refractivity contribution is 7.10. The Bertz CT molecular complexity index is 966. The molecule has 0 spiro atoms. The number of amides is 1. The first-order valence-electron chi connectivity index (χ1n) is 10.5. The monoisotopic (exact) mass is 442 g/mol. The summed E-state index contributed by atoms with van der Waals surface area (Å²) in [5.74, 6) is -1.19. The number of ether oxygens (including phenoxy) is 2. The van der Waals surface area contributed by atoms with Crippen LogP contribution in [0.5, 0.6) is 5.75 Å². The first-order valence-corrected chi connectivity index (χ1v) is 11.3. The lowest BCUT2D eigenvalue weighted by Crippen LogP contribution is -3.14. The molecule has 1 unspecified atom stereocenters. The number of nitrogens with zero attached hydrogens (tertiary/aromatic N) is 1. The van der Waals surface area contributed by atoms with Crippen LogP contribution in [0.2, 0.25) is 0 Å². The number of ketones is 1. The molecular weight excluding hydrogens is 416 g/mol. The van der Waals surface area contributed by atoms with Crippen LogP contribution < -0.4 is 14.7 Å². The molecule has 2 aliphatic heterocycles. The normalized spacial score (nSPS) is 21.6. The molecule has 1 N–H and O–H groups in total. The first-order chi connectivity index (χ1) is 15.1. The Morgan fingerprint density at radius 2 is 2.06 bits per heavy atom. The molecule has 3 heterocycles. The minimum atomic E-state index is -0.704. The zero-order valence-electron chi connectivity index (χ0n) is 17.5. The molecule has 4 rings (SSSR count). The van der Waals surface area contributed by atoms with Crippen molar-refractivity contribution in [3.05, 3.63) is 57.8 Å². The number of benzene rings is 1. The fourth-order valence-electron chi connectivity index (χ4n) is 4.17. The van der Waals surface area contributed by atoms with E-state index in [1.54, 1.807) is 29.2 Å². The summed E-state index contributed by atoms with van der Waals surface area (Å²) in [6.07, 6.45) is 0.761. The number of hydrogen-bond donors (Lipinski definition) is 1. The summed E-state index contributed by atoms with van der Waals surface area (Å²) in [5.41, 5.74) is 0.371. The van der Waals surface area contributed by atoms with Gasteiger partial charge in [-0.05, 0) is 29.1 Å². The quantitative estimate of drug-likeness (QED) is 0.379. The van der Waals surface area contributed by atoms with Crippen LogP contribution in [0.15, 0.2) is 47.4 Å². The fraction of sp³-hybridized carbons (Fsp3) is 0.391. The number of methoxy groups -OCH3 is 1. The summed E-state index contributed by atoms with van der Waals surface area (Å²) >= 11 is 1.45. The van der Waals surface area contributed by atoms with E-state index in [1.807, 2.05) is 17.5 Å². The van der Waals surface area contributed by atoms with Crippen LogP contribution in [0.4, 0.5) is 0 Å². The lowest BCUT2D eigenvalue weighted by Gasteiger charge is -2.28. The fourth-order valence-corrected chi connectivity index (χ4v) is 5.02. The van der Waals surface area contributed by atoms with Gasteiger partial charge in [0, 0.05) is 23.4 Å². The molecule has 1 aromatic carbocycles. The van der Waals surface area contributed by atoms with Gasteiger partial charge in [-0.25, -0.2) is 0 Å². The number of quaternary nitrogens is 1. The summed E-state index contributed by atoms with van der Waals surface area (Å²) in [7, 11) is 1.52. The standard InChI is InChI=1S/C23H26N2O5S/c1-29-17-6-2-5-16(15-17)21(26)19-20(18-7-3-14-31-18)25(23(28)22(19)27)9-4-8-24-10-12-30-13-11-24/h2-3,5-7,14-15,20,26H,4,8-13H2,1H3/b21-19+. The van der Waals surface area contributed by atoms with Gasteiger partial charge in [0.25, 0.3) is 5.91 Å². The minimum absolute atomic E-state index is 0.0272. The van der Waals surface area contributed by atoms with E-state index in [0.717, 1.165) is 44.1 Å². The number of likely N-dealkylation sites (tertiary alicyclic amines) is 1. The van der Waals surface area contributed by atoms with E-state index in [9.17, 15) is 14.7 Å². The average Bonchev–Trinajstić information content (AvgIpc) is 3.42. The Balaban J connectivity index is 1.63. The molecule has 2 fully saturated rings. The number of rotatable bonds is 7. The maximum Gasteiger partial charge on any atom is 0.295 e. The zero-order valence-corrected chi connectivity index (χ0v) is 18.3. The van der Waals surface area contributed by atoms with E-state index in [0.29, 0.717) is 17.9 Å². The molecule has 2 saturated heterocycles. The highest BCUT2D eigenvalue weighted by Gasteiger charge is 2.44. The van der Waals surface area contributed by atoms with Gasteiger partial charge in [0.1, 0.15) is 18.8 Å². The summed E-state index contributed by atoms with van der Waals surface area (Å²) in [4.78, 5) is 29.7. The molecule has 1 atom stereocenters. The zero-order chi connectivity index (χ0) is 21.8. The number of Topliss-reactive ketones (excluding diaryl/α,β-unsaturated/α-hetero) is 1. The SMILES string of the molecule is COc1cccc(/C([O-])=C2\C(=O)C(=O)N(CCC[NH+]3CCOCC3)C2c2cccs2)c1. The Labute approximate surface area is 185 Å². The van der Waals surface area contributed by atoms with Gasteiger partial charge >= 0.3 is 0 Å². The number of hydrogen-bond acceptors (Lipinski definition) is 6. The summed E-state index contributed by atoms with van der Waals surface area (Å²) in [6, 6.07) is 9.79. The molecule has 0 aliphatic carbocycles. The number of morpholine rings is 1. The van der Waals surface area contributed by atoms with Crippen molar-refractivity contribution >= 4 is 28.8 Å². The molecule has 0 radical (unpaired) electrons. The van der Waals surface area contributed by atoms with Crippen molar-refractivity contribution < 1.29 is 29.1 Å². The third-order valence-electron chi connectivity index (χ3n) is 5.80. The van der Waals surface area contributed by atoms with Gasteiger partial charge in [0.2, 0.25) is 5.78 Å². The Morgan fingerprint density at radius 1 is 1.26 bits per heavy atom. The van der Waals surface area contributed by atoms with E-state index < -0.39 is 23.5 Å². The van der Waals surface area contributed by atoms with Gasteiger partial charge in [-0.2, -0.15) is 0 Å². The van der Waals surface area contributed by atoms with Crippen LogP contribution >= 0.6 is 11.3 Å². The number of carbonyl (C=O) groups excluding carboxylic acids is 2. The minimum Gasteiger partial charge on any atom is -0.872 e. The molecule has 31 heavy (non-hydrogen) atoms. The van der Waals surface area contributed by atoms with E-state index in [-0.39, 0.29) is 5.57 Å². The predicted octanol–water partition coefficient (Wildman–Crippen LogP) is 0.286. The molecule has 2 aliphatic rings. The Morgan fingerprint density at radius 3 is 2.77 bits per heavy atom. The van der Waals surface area contributed by atoms with Crippen LogP contribution in [0.25, 0.3) is 5.76 Å². The van der Waals surface area contributed by atoms with Crippen molar-refractivity contribution in [2.45, 2.75) is 12.5 Å². The van der Waals surface area contributed by atoms with Crippen molar-refractivity contribution in [3.8, 4) is 5.75 Å². The van der Waals surface area contributed by atoms with Crippen LogP contribution in [-0.4, -0.2) is 63.1 Å². The van der Waals surface area contributed by atoms with Gasteiger partial charge in [0.05, 0.1) is 32.9 Å². The van der Waals surface area contributed by atoms with Crippen LogP contribution in [0, 0.1) is 0 Å². The van der Waals surface area contributed by atoms with Gasteiger partial charge in [-0.15, -0.1) is 11.3 Å². The predicted molar refractivity (Wildman–Crippen MR) is 115 cm³/mol. The molecule has 0 bridgehead atoms. The molecule has 2 aromatic rings. The van der Waals surface area contributed by atoms with E-state index in [1.165, 1.54) is 23.3 Å². The van der Waals surface area contributed by atoms with E-state index in [4.69, 9.17) is 9.47 Å². The molecule has 8 heteroatoms. The Kier molecular flexibility index (Phi) is 6.70. The van der Waals surface area contributed by atoms with Crippen molar-refractivity contribution in [1.82, 2.24) is 4.90 Å². The summed E-state index contributed by atoms with van der Waals surface area (Å²) in [5, 5.41) is 15.2.